The predicted octanol–water partition coefficient (Wildman–Crippen LogP) is 11.5. The van der Waals surface area contributed by atoms with E-state index in [4.69, 9.17) is 9.47 Å². The molecule has 4 heteroatoms. The van der Waals surface area contributed by atoms with Gasteiger partial charge >= 0.3 is 0 Å². The number of ether oxygens (including phenoxy) is 2. The van der Waals surface area contributed by atoms with Crippen LogP contribution in [0.3, 0.4) is 0 Å². The second-order valence-electron chi connectivity index (χ2n) is 16.3. The average molecular weight is 750 g/mol. The molecule has 272 valence electrons. The van der Waals surface area contributed by atoms with Crippen molar-refractivity contribution in [2.45, 2.75) is 5.41 Å². The van der Waals surface area contributed by atoms with Gasteiger partial charge in [0, 0.05) is 28.4 Å². The molecule has 2 aliphatic heterocycles. The summed E-state index contributed by atoms with van der Waals surface area (Å²) in [6, 6.07) is 71.0. The molecule has 0 fully saturated rings. The molecule has 14 rings (SSSR count). The van der Waals surface area contributed by atoms with E-state index >= 15 is 0 Å². The molecule has 10 aromatic rings. The van der Waals surface area contributed by atoms with Crippen LogP contribution in [0.4, 0.5) is 0 Å². The SMILES string of the molecule is c1ccc(-c2ccc3c(c2)B2c4ccccc4Oc4cc(-n5c6ccccc6c6cc7c(cc65)C5(c6ccccc6-c6ccccc65)c5ccccc5-7)cc(c42)O3)cc1. The maximum atomic E-state index is 6.97. The smallest absolute Gasteiger partial charge is 0.260 e. The zero-order valence-electron chi connectivity index (χ0n) is 31.8. The van der Waals surface area contributed by atoms with Crippen LogP contribution in [-0.2, 0) is 5.41 Å². The Morgan fingerprint density at radius 2 is 0.966 bits per heavy atom. The van der Waals surface area contributed by atoms with Crippen LogP contribution in [0.1, 0.15) is 22.3 Å². The average Bonchev–Trinajstić information content (AvgIpc) is 3.89. The van der Waals surface area contributed by atoms with E-state index in [2.05, 4.69) is 199 Å². The first kappa shape index (κ1) is 31.5. The molecule has 1 aromatic heterocycles. The van der Waals surface area contributed by atoms with Crippen LogP contribution >= 0.6 is 0 Å². The van der Waals surface area contributed by atoms with Crippen LogP contribution in [0.5, 0.6) is 23.0 Å². The maximum absolute atomic E-state index is 6.97. The number of hydrogen-bond acceptors (Lipinski definition) is 2. The summed E-state index contributed by atoms with van der Waals surface area (Å²) in [6.07, 6.45) is 0. The summed E-state index contributed by atoms with van der Waals surface area (Å²) in [5.41, 5.74) is 19.1. The minimum atomic E-state index is -0.443. The van der Waals surface area contributed by atoms with Gasteiger partial charge in [0.05, 0.1) is 22.1 Å². The number of aromatic nitrogens is 1. The first-order chi connectivity index (χ1) is 29.3. The standard InChI is InChI=1S/C55H32BNO2/c1-2-14-33(15-3-1)34-26-27-51-47(28-34)56-46-23-11-13-25-50(46)58-52-29-35(30-53(59-51)54(52)56)57-48-24-12-7-19-39(48)41-31-40-38-18-6-10-22-44(38)55(45(40)32-49(41)57)42-20-8-4-16-36(42)37-17-5-9-21-43(37)55/h1-32H. The molecule has 0 saturated heterocycles. The molecule has 3 nitrogen and oxygen atoms in total. The van der Waals surface area contributed by atoms with Crippen LogP contribution in [0, 0.1) is 0 Å². The molecule has 59 heavy (non-hydrogen) atoms. The van der Waals surface area contributed by atoms with Gasteiger partial charge in [-0.3, -0.25) is 0 Å². The zero-order valence-corrected chi connectivity index (χ0v) is 31.8. The molecule has 4 aliphatic rings. The van der Waals surface area contributed by atoms with Crippen molar-refractivity contribution in [2.24, 2.45) is 0 Å². The van der Waals surface area contributed by atoms with Crippen molar-refractivity contribution in [2.75, 3.05) is 0 Å². The number of nitrogens with zero attached hydrogens (tertiary/aromatic N) is 1. The number of benzene rings is 9. The van der Waals surface area contributed by atoms with Crippen LogP contribution in [0.25, 0.3) is 60.9 Å². The van der Waals surface area contributed by atoms with Gasteiger partial charge in [0.2, 0.25) is 0 Å². The van der Waals surface area contributed by atoms with Crippen molar-refractivity contribution in [3.8, 4) is 62.1 Å². The first-order valence-electron chi connectivity index (χ1n) is 20.4. The zero-order chi connectivity index (χ0) is 38.4. The number of hydrogen-bond donors (Lipinski definition) is 0. The Balaban J connectivity index is 1.04. The van der Waals surface area contributed by atoms with E-state index < -0.39 is 5.41 Å². The second-order valence-corrected chi connectivity index (χ2v) is 16.3. The van der Waals surface area contributed by atoms with Crippen molar-refractivity contribution in [3.05, 3.63) is 216 Å². The summed E-state index contributed by atoms with van der Waals surface area (Å²) in [4.78, 5) is 0. The monoisotopic (exact) mass is 749 g/mol. The maximum Gasteiger partial charge on any atom is 0.260 e. The minimum absolute atomic E-state index is 0.0336. The highest BCUT2D eigenvalue weighted by molar-refractivity contribution is 6.98. The third-order valence-electron chi connectivity index (χ3n) is 13.5. The summed E-state index contributed by atoms with van der Waals surface area (Å²) in [5, 5.41) is 2.44. The van der Waals surface area contributed by atoms with E-state index in [1.165, 1.54) is 66.4 Å². The van der Waals surface area contributed by atoms with E-state index in [1.807, 2.05) is 0 Å². The quantitative estimate of drug-likeness (QED) is 0.164. The molecule has 0 atom stereocenters. The van der Waals surface area contributed by atoms with Gasteiger partial charge in [-0.15, -0.1) is 0 Å². The highest BCUT2D eigenvalue weighted by Crippen LogP contribution is 2.63. The van der Waals surface area contributed by atoms with Crippen LogP contribution < -0.4 is 25.9 Å². The summed E-state index contributed by atoms with van der Waals surface area (Å²) in [7, 11) is 0. The van der Waals surface area contributed by atoms with E-state index in [0.29, 0.717) is 0 Å². The molecular formula is C55H32BNO2. The van der Waals surface area contributed by atoms with Gasteiger partial charge in [0.1, 0.15) is 23.0 Å². The van der Waals surface area contributed by atoms with Gasteiger partial charge in [-0.05, 0) is 96.9 Å². The van der Waals surface area contributed by atoms with Crippen molar-refractivity contribution in [1.29, 1.82) is 0 Å². The molecule has 0 radical (unpaired) electrons. The van der Waals surface area contributed by atoms with Gasteiger partial charge < -0.3 is 14.0 Å². The Morgan fingerprint density at radius 1 is 0.373 bits per heavy atom. The molecular weight excluding hydrogens is 717 g/mol. The molecule has 9 aromatic carbocycles. The molecule has 1 spiro atoms. The largest absolute Gasteiger partial charge is 0.458 e. The summed E-state index contributed by atoms with van der Waals surface area (Å²) < 4.78 is 16.3. The van der Waals surface area contributed by atoms with E-state index in [9.17, 15) is 0 Å². The summed E-state index contributed by atoms with van der Waals surface area (Å²) in [6.45, 7) is -0.0336. The molecule has 2 aliphatic carbocycles. The molecule has 0 amide bonds. The highest BCUT2D eigenvalue weighted by atomic mass is 16.5. The third kappa shape index (κ3) is 3.98. The van der Waals surface area contributed by atoms with Gasteiger partial charge in [-0.2, -0.15) is 0 Å². The minimum Gasteiger partial charge on any atom is -0.458 e. The summed E-state index contributed by atoms with van der Waals surface area (Å²) >= 11 is 0. The molecule has 0 N–H and O–H groups in total. The Bertz CT molecular complexity index is 3410. The summed E-state index contributed by atoms with van der Waals surface area (Å²) in [5.74, 6) is 3.41. The second kappa shape index (κ2) is 11.3. The fourth-order valence-electron chi connectivity index (χ4n) is 11.2. The highest BCUT2D eigenvalue weighted by Gasteiger charge is 2.52. The Hall–Kier alpha value is -7.56. The molecule has 0 bridgehead atoms. The van der Waals surface area contributed by atoms with E-state index in [-0.39, 0.29) is 6.71 Å². The van der Waals surface area contributed by atoms with Gasteiger partial charge in [0.15, 0.2) is 0 Å². The molecule has 0 saturated carbocycles. The van der Waals surface area contributed by atoms with E-state index in [1.54, 1.807) is 0 Å². The predicted molar refractivity (Wildman–Crippen MR) is 240 cm³/mol. The first-order valence-corrected chi connectivity index (χ1v) is 20.4. The van der Waals surface area contributed by atoms with Crippen molar-refractivity contribution >= 4 is 44.9 Å². The van der Waals surface area contributed by atoms with Gasteiger partial charge in [0.25, 0.3) is 6.71 Å². The lowest BCUT2D eigenvalue weighted by Gasteiger charge is -2.33. The number of rotatable bonds is 2. The van der Waals surface area contributed by atoms with Crippen LogP contribution in [0.2, 0.25) is 0 Å². The van der Waals surface area contributed by atoms with Crippen molar-refractivity contribution in [1.82, 2.24) is 4.57 Å². The van der Waals surface area contributed by atoms with Gasteiger partial charge in [-0.25, -0.2) is 0 Å². The third-order valence-corrected chi connectivity index (χ3v) is 13.5. The fraction of sp³-hybridized carbons (Fsp3) is 0.0182. The lowest BCUT2D eigenvalue weighted by molar-refractivity contribution is 0.464. The molecule has 3 heterocycles. The van der Waals surface area contributed by atoms with Crippen LogP contribution in [-0.4, -0.2) is 11.3 Å². The Kier molecular flexibility index (Phi) is 6.04. The van der Waals surface area contributed by atoms with Crippen molar-refractivity contribution in [3.63, 3.8) is 0 Å². The normalized spacial score (nSPS) is 14.1. The number of fused-ring (bicyclic) bond motifs is 17. The Labute approximate surface area is 341 Å². The fourth-order valence-corrected chi connectivity index (χ4v) is 11.2. The lowest BCUT2D eigenvalue weighted by Crippen LogP contribution is -2.57. The molecule has 0 unspecified atom stereocenters. The number of para-hydroxylation sites is 2. The van der Waals surface area contributed by atoms with Crippen LogP contribution in [0.15, 0.2) is 194 Å². The van der Waals surface area contributed by atoms with E-state index in [0.717, 1.165) is 56.1 Å². The van der Waals surface area contributed by atoms with Crippen molar-refractivity contribution < 1.29 is 9.47 Å². The Morgan fingerprint density at radius 3 is 1.69 bits per heavy atom. The lowest BCUT2D eigenvalue weighted by atomic mass is 9.34. The van der Waals surface area contributed by atoms with Gasteiger partial charge in [-0.1, -0.05) is 152 Å². The topological polar surface area (TPSA) is 23.4 Å².